The second-order valence-corrected chi connectivity index (χ2v) is 11.1. The number of amides is 2. The van der Waals surface area contributed by atoms with Gasteiger partial charge in [-0.1, -0.05) is 6.07 Å². The van der Waals surface area contributed by atoms with Crippen molar-refractivity contribution < 1.29 is 28.2 Å². The number of pyridine rings is 1. The lowest BCUT2D eigenvalue weighted by Gasteiger charge is -2.42. The number of nitrogens with zero attached hydrogens (tertiary/aromatic N) is 2. The molecule has 2 aromatic heterocycles. The minimum atomic E-state index is -0.207. The number of likely N-dealkylation sites (tertiary alicyclic amines) is 1. The van der Waals surface area contributed by atoms with Crippen molar-refractivity contribution in [1.82, 2.24) is 14.8 Å². The minimum Gasteiger partial charge on any atom is -0.497 e. The van der Waals surface area contributed by atoms with Crippen LogP contribution in [0, 0.1) is 5.92 Å². The second-order valence-electron chi connectivity index (χ2n) is 11.1. The largest absolute Gasteiger partial charge is 0.497 e. The third kappa shape index (κ3) is 4.76. The first-order chi connectivity index (χ1) is 20.5. The molecule has 0 aliphatic carbocycles. The van der Waals surface area contributed by atoms with E-state index in [1.54, 1.807) is 25.3 Å². The van der Waals surface area contributed by atoms with Crippen LogP contribution in [0.25, 0.3) is 22.3 Å². The van der Waals surface area contributed by atoms with E-state index in [0.717, 1.165) is 34.4 Å². The Morgan fingerprint density at radius 3 is 2.64 bits per heavy atom. The molecule has 0 spiro atoms. The number of nitrogens with one attached hydrogen (secondary N) is 1. The van der Waals surface area contributed by atoms with Gasteiger partial charge in [-0.3, -0.25) is 14.4 Å². The summed E-state index contributed by atoms with van der Waals surface area (Å²) in [6, 6.07) is 16.5. The molecule has 216 valence electrons. The van der Waals surface area contributed by atoms with Crippen molar-refractivity contribution in [2.45, 2.75) is 31.7 Å². The Morgan fingerprint density at radius 1 is 1.02 bits per heavy atom. The first kappa shape index (κ1) is 26.2. The highest BCUT2D eigenvalue weighted by molar-refractivity contribution is 5.95. The van der Waals surface area contributed by atoms with Gasteiger partial charge in [0.05, 0.1) is 13.5 Å². The molecule has 2 atom stereocenters. The number of carbonyl (C=O) groups is 2. The highest BCUT2D eigenvalue weighted by Gasteiger charge is 2.36. The van der Waals surface area contributed by atoms with Crippen molar-refractivity contribution in [2.75, 3.05) is 33.5 Å². The normalized spacial score (nSPS) is 18.5. The molecule has 10 nitrogen and oxygen atoms in total. The third-order valence-corrected chi connectivity index (χ3v) is 8.47. The van der Waals surface area contributed by atoms with Crippen LogP contribution in [0.3, 0.4) is 0 Å². The highest BCUT2D eigenvalue weighted by Crippen LogP contribution is 2.42. The first-order valence-corrected chi connectivity index (χ1v) is 14.2. The molecule has 1 saturated heterocycles. The Hall–Kier alpha value is -4.73. The molecular formula is C32H31N3O7. The summed E-state index contributed by atoms with van der Waals surface area (Å²) in [5.41, 5.74) is 3.17. The zero-order valence-corrected chi connectivity index (χ0v) is 23.3. The minimum absolute atomic E-state index is 0.0112. The molecule has 10 heteroatoms. The van der Waals surface area contributed by atoms with Crippen molar-refractivity contribution >= 4 is 22.8 Å². The zero-order chi connectivity index (χ0) is 28.8. The number of hydrogen-bond acceptors (Lipinski definition) is 7. The van der Waals surface area contributed by atoms with Crippen LogP contribution in [-0.2, 0) is 22.6 Å². The number of piperidine rings is 1. The average molecular weight is 570 g/mol. The van der Waals surface area contributed by atoms with Gasteiger partial charge in [-0.05, 0) is 48.7 Å². The van der Waals surface area contributed by atoms with Gasteiger partial charge in [0, 0.05) is 72.9 Å². The van der Waals surface area contributed by atoms with Crippen molar-refractivity contribution in [3.63, 3.8) is 0 Å². The highest BCUT2D eigenvalue weighted by atomic mass is 16.7. The Labute approximate surface area is 241 Å². The van der Waals surface area contributed by atoms with Crippen LogP contribution in [-0.4, -0.2) is 54.8 Å². The van der Waals surface area contributed by atoms with Gasteiger partial charge in [0.2, 0.25) is 18.6 Å². The number of furan rings is 1. The summed E-state index contributed by atoms with van der Waals surface area (Å²) in [7, 11) is 1.61. The maximum absolute atomic E-state index is 13.2. The predicted molar refractivity (Wildman–Crippen MR) is 154 cm³/mol. The number of rotatable bonds is 7. The molecule has 2 unspecified atom stereocenters. The molecule has 3 aliphatic heterocycles. The zero-order valence-electron chi connectivity index (χ0n) is 23.3. The number of hydrogen-bond donors (Lipinski definition) is 1. The number of methoxy groups -OCH3 is 1. The molecule has 1 fully saturated rings. The first-order valence-electron chi connectivity index (χ1n) is 14.2. The standard InChI is InChI=1S/C32H31N3O7/c1-39-22-7-5-20(6-8-22)32-24(23-12-27-28(41-18-40-27)14-26(23)42-32)13-29(36)33-10-9-30(37)34-15-19-11-21(17-34)25-3-2-4-31(38)35(25)16-19/h2-8,12,14,19,21H,9-11,13,15-18H2,1H3,(H,33,36). The molecular weight excluding hydrogens is 538 g/mol. The van der Waals surface area contributed by atoms with E-state index in [1.807, 2.05) is 45.9 Å². The van der Waals surface area contributed by atoms with E-state index in [4.69, 9.17) is 18.6 Å². The van der Waals surface area contributed by atoms with Crippen LogP contribution < -0.4 is 25.1 Å². The van der Waals surface area contributed by atoms with E-state index in [9.17, 15) is 14.4 Å². The number of carbonyl (C=O) groups excluding carboxylic acids is 2. The number of aromatic nitrogens is 1. The van der Waals surface area contributed by atoms with Gasteiger partial charge in [-0.25, -0.2) is 0 Å². The monoisotopic (exact) mass is 569 g/mol. The molecule has 0 saturated carbocycles. The summed E-state index contributed by atoms with van der Waals surface area (Å²) >= 11 is 0. The molecule has 1 N–H and O–H groups in total. The SMILES string of the molecule is COc1ccc(-c2oc3cc4c(cc3c2CC(=O)NCCC(=O)N2CC3CC(C2)c2cccc(=O)n2C3)OCO4)cc1. The Morgan fingerprint density at radius 2 is 1.83 bits per heavy atom. The topological polar surface area (TPSA) is 112 Å². The smallest absolute Gasteiger partial charge is 0.250 e. The molecule has 7 rings (SSSR count). The Bertz CT molecular complexity index is 1740. The van der Waals surface area contributed by atoms with Gasteiger partial charge in [-0.15, -0.1) is 0 Å². The van der Waals surface area contributed by atoms with Crippen molar-refractivity contribution in [3.05, 3.63) is 76.2 Å². The van der Waals surface area contributed by atoms with Crippen molar-refractivity contribution in [2.24, 2.45) is 5.92 Å². The second kappa shape index (κ2) is 10.6. The summed E-state index contributed by atoms with van der Waals surface area (Å²) < 4.78 is 24.5. The van der Waals surface area contributed by atoms with E-state index in [1.165, 1.54) is 0 Å². The molecule has 2 aromatic carbocycles. The summed E-state index contributed by atoms with van der Waals surface area (Å²) in [6.07, 6.45) is 1.27. The van der Waals surface area contributed by atoms with E-state index < -0.39 is 0 Å². The van der Waals surface area contributed by atoms with Gasteiger partial charge in [-0.2, -0.15) is 0 Å². The van der Waals surface area contributed by atoms with E-state index in [0.29, 0.717) is 42.5 Å². The molecule has 2 bridgehead atoms. The van der Waals surface area contributed by atoms with Gasteiger partial charge < -0.3 is 33.4 Å². The Balaban J connectivity index is 1.03. The summed E-state index contributed by atoms with van der Waals surface area (Å²) in [5, 5.41) is 3.70. The lowest BCUT2D eigenvalue weighted by molar-refractivity contribution is -0.133. The van der Waals surface area contributed by atoms with Crippen molar-refractivity contribution in [3.8, 4) is 28.6 Å². The van der Waals surface area contributed by atoms with E-state index in [2.05, 4.69) is 5.32 Å². The Kier molecular flexibility index (Phi) is 6.60. The fraction of sp³-hybridized carbons (Fsp3) is 0.344. The summed E-state index contributed by atoms with van der Waals surface area (Å²) in [4.78, 5) is 40.5. The van der Waals surface area contributed by atoms with Crippen LogP contribution in [0.15, 0.2) is 63.8 Å². The molecule has 3 aliphatic rings. The molecule has 4 aromatic rings. The van der Waals surface area contributed by atoms with E-state index >= 15 is 0 Å². The van der Waals surface area contributed by atoms with Crippen LogP contribution in [0.4, 0.5) is 0 Å². The number of ether oxygens (including phenoxy) is 3. The lowest BCUT2D eigenvalue weighted by atomic mass is 9.83. The van der Waals surface area contributed by atoms with Gasteiger partial charge in [0.1, 0.15) is 17.1 Å². The molecule has 5 heterocycles. The van der Waals surface area contributed by atoms with Crippen LogP contribution in [0.1, 0.15) is 30.0 Å². The number of fused-ring (bicyclic) bond motifs is 6. The molecule has 2 amide bonds. The van der Waals surface area contributed by atoms with Crippen LogP contribution in [0.5, 0.6) is 17.2 Å². The molecule has 42 heavy (non-hydrogen) atoms. The quantitative estimate of drug-likeness (QED) is 0.361. The summed E-state index contributed by atoms with van der Waals surface area (Å²) in [6.45, 7) is 2.24. The van der Waals surface area contributed by atoms with Gasteiger partial charge >= 0.3 is 0 Å². The van der Waals surface area contributed by atoms with Gasteiger partial charge in [0.15, 0.2) is 11.5 Å². The molecule has 0 radical (unpaired) electrons. The maximum Gasteiger partial charge on any atom is 0.250 e. The van der Waals surface area contributed by atoms with Crippen LogP contribution >= 0.6 is 0 Å². The number of benzene rings is 2. The van der Waals surface area contributed by atoms with E-state index in [-0.39, 0.29) is 55.4 Å². The third-order valence-electron chi connectivity index (χ3n) is 8.47. The van der Waals surface area contributed by atoms with Crippen molar-refractivity contribution in [1.29, 1.82) is 0 Å². The average Bonchev–Trinajstić information content (AvgIpc) is 3.60. The van der Waals surface area contributed by atoms with Gasteiger partial charge in [0.25, 0.3) is 5.56 Å². The fourth-order valence-corrected chi connectivity index (χ4v) is 6.48. The maximum atomic E-state index is 13.2. The van der Waals surface area contributed by atoms with Crippen LogP contribution in [0.2, 0.25) is 0 Å². The predicted octanol–water partition coefficient (Wildman–Crippen LogP) is 3.69. The lowest BCUT2D eigenvalue weighted by Crippen LogP contribution is -2.49. The fourth-order valence-electron chi connectivity index (χ4n) is 6.48. The summed E-state index contributed by atoms with van der Waals surface area (Å²) in [5.74, 6) is 2.73.